The number of rotatable bonds is 4. The van der Waals surface area contributed by atoms with Gasteiger partial charge < -0.3 is 4.74 Å². The van der Waals surface area contributed by atoms with Crippen LogP contribution in [0.2, 0.25) is 0 Å². The summed E-state index contributed by atoms with van der Waals surface area (Å²) in [6.45, 7) is 1.55. The number of hydrogen-bond donors (Lipinski definition) is 0. The number of carbonyl (C=O) groups excluding carboxylic acids is 1. The first-order valence-electron chi connectivity index (χ1n) is 5.62. The minimum atomic E-state index is 0.0400. The lowest BCUT2D eigenvalue weighted by atomic mass is 10.1. The molecule has 0 aliphatic carbocycles. The fourth-order valence-electron chi connectivity index (χ4n) is 1.56. The van der Waals surface area contributed by atoms with Gasteiger partial charge in [-0.1, -0.05) is 12.1 Å². The van der Waals surface area contributed by atoms with Gasteiger partial charge in [0.05, 0.1) is 0 Å². The highest BCUT2D eigenvalue weighted by Gasteiger charge is 2.02. The Balaban J connectivity index is 2.17. The summed E-state index contributed by atoms with van der Waals surface area (Å²) in [5, 5.41) is 0. The van der Waals surface area contributed by atoms with Gasteiger partial charge in [0.25, 0.3) is 0 Å². The standard InChI is InChI=1S/C15H14O2S/c1-11(16)12-4-3-5-14(10-12)17-13-6-8-15(18-2)9-7-13/h3-10H,1-2H3. The SMILES string of the molecule is CSc1ccc(Oc2cccc(C(C)=O)c2)cc1. The van der Waals surface area contributed by atoms with Gasteiger partial charge in [-0.15, -0.1) is 11.8 Å². The maximum atomic E-state index is 11.3. The predicted octanol–water partition coefficient (Wildman–Crippen LogP) is 4.40. The highest BCUT2D eigenvalue weighted by molar-refractivity contribution is 7.98. The van der Waals surface area contributed by atoms with Crippen molar-refractivity contribution in [3.05, 3.63) is 54.1 Å². The predicted molar refractivity (Wildman–Crippen MR) is 74.7 cm³/mol. The number of hydrogen-bond acceptors (Lipinski definition) is 3. The Kier molecular flexibility index (Phi) is 4.05. The Morgan fingerprint density at radius 3 is 2.39 bits per heavy atom. The van der Waals surface area contributed by atoms with E-state index in [-0.39, 0.29) is 5.78 Å². The molecule has 92 valence electrons. The zero-order valence-electron chi connectivity index (χ0n) is 10.3. The molecule has 2 rings (SSSR count). The lowest BCUT2D eigenvalue weighted by Gasteiger charge is -2.07. The summed E-state index contributed by atoms with van der Waals surface area (Å²) in [6, 6.07) is 15.1. The van der Waals surface area contributed by atoms with E-state index in [0.29, 0.717) is 11.3 Å². The van der Waals surface area contributed by atoms with Crippen LogP contribution in [0, 0.1) is 0 Å². The molecule has 3 heteroatoms. The quantitative estimate of drug-likeness (QED) is 0.600. The van der Waals surface area contributed by atoms with E-state index in [1.165, 1.54) is 4.90 Å². The summed E-state index contributed by atoms with van der Waals surface area (Å²) in [5.41, 5.74) is 0.660. The smallest absolute Gasteiger partial charge is 0.159 e. The zero-order chi connectivity index (χ0) is 13.0. The van der Waals surface area contributed by atoms with Crippen molar-refractivity contribution in [2.75, 3.05) is 6.26 Å². The molecule has 0 bridgehead atoms. The summed E-state index contributed by atoms with van der Waals surface area (Å²) in [6.07, 6.45) is 2.03. The number of carbonyl (C=O) groups is 1. The molecule has 0 aromatic heterocycles. The van der Waals surface area contributed by atoms with Gasteiger partial charge in [0.2, 0.25) is 0 Å². The molecule has 18 heavy (non-hydrogen) atoms. The third-order valence-electron chi connectivity index (χ3n) is 2.54. The second-order valence-electron chi connectivity index (χ2n) is 3.86. The van der Waals surface area contributed by atoms with Crippen molar-refractivity contribution in [3.63, 3.8) is 0 Å². The number of ketones is 1. The Morgan fingerprint density at radius 1 is 1.06 bits per heavy atom. The highest BCUT2D eigenvalue weighted by Crippen LogP contribution is 2.24. The monoisotopic (exact) mass is 258 g/mol. The molecule has 0 spiro atoms. The zero-order valence-corrected chi connectivity index (χ0v) is 11.2. The van der Waals surface area contributed by atoms with Gasteiger partial charge in [0.1, 0.15) is 11.5 Å². The van der Waals surface area contributed by atoms with Crippen LogP contribution in [0.25, 0.3) is 0 Å². The van der Waals surface area contributed by atoms with Crippen LogP contribution in [-0.2, 0) is 0 Å². The van der Waals surface area contributed by atoms with Crippen LogP contribution in [0.3, 0.4) is 0 Å². The minimum absolute atomic E-state index is 0.0400. The van der Waals surface area contributed by atoms with E-state index in [1.54, 1.807) is 30.8 Å². The second-order valence-corrected chi connectivity index (χ2v) is 4.74. The van der Waals surface area contributed by atoms with E-state index < -0.39 is 0 Å². The van der Waals surface area contributed by atoms with Crippen molar-refractivity contribution in [3.8, 4) is 11.5 Å². The first-order valence-corrected chi connectivity index (χ1v) is 6.84. The minimum Gasteiger partial charge on any atom is -0.457 e. The molecule has 2 nitrogen and oxygen atoms in total. The van der Waals surface area contributed by atoms with Crippen molar-refractivity contribution < 1.29 is 9.53 Å². The van der Waals surface area contributed by atoms with Gasteiger partial charge in [-0.25, -0.2) is 0 Å². The van der Waals surface area contributed by atoms with Crippen molar-refractivity contribution in [1.82, 2.24) is 0 Å². The average Bonchev–Trinajstić information content (AvgIpc) is 2.40. The normalized spacial score (nSPS) is 10.1. The van der Waals surface area contributed by atoms with Crippen LogP contribution in [0.15, 0.2) is 53.4 Å². The molecule has 0 unspecified atom stereocenters. The first kappa shape index (κ1) is 12.7. The van der Waals surface area contributed by atoms with Crippen molar-refractivity contribution in [2.45, 2.75) is 11.8 Å². The molecule has 0 aliphatic rings. The summed E-state index contributed by atoms with van der Waals surface area (Å²) < 4.78 is 5.71. The molecule has 0 saturated carbocycles. The molecule has 0 fully saturated rings. The van der Waals surface area contributed by atoms with Gasteiger partial charge in [-0.2, -0.15) is 0 Å². The summed E-state index contributed by atoms with van der Waals surface area (Å²) in [4.78, 5) is 12.5. The topological polar surface area (TPSA) is 26.3 Å². The molecular formula is C15H14O2S. The van der Waals surface area contributed by atoms with Gasteiger partial charge >= 0.3 is 0 Å². The number of thioether (sulfide) groups is 1. The first-order chi connectivity index (χ1) is 8.69. The molecule has 0 atom stereocenters. The lowest BCUT2D eigenvalue weighted by molar-refractivity contribution is 0.101. The number of Topliss-reactive ketones (excluding diaryl/α,β-unsaturated/α-hetero) is 1. The van der Waals surface area contributed by atoms with Crippen LogP contribution >= 0.6 is 11.8 Å². The molecule has 0 amide bonds. The van der Waals surface area contributed by atoms with E-state index in [2.05, 4.69) is 0 Å². The highest BCUT2D eigenvalue weighted by atomic mass is 32.2. The van der Waals surface area contributed by atoms with Gasteiger partial charge in [0, 0.05) is 10.5 Å². The van der Waals surface area contributed by atoms with E-state index in [4.69, 9.17) is 4.74 Å². The van der Waals surface area contributed by atoms with Crippen LogP contribution in [0.4, 0.5) is 0 Å². The average molecular weight is 258 g/mol. The van der Waals surface area contributed by atoms with E-state index >= 15 is 0 Å². The molecular weight excluding hydrogens is 244 g/mol. The molecule has 2 aromatic rings. The van der Waals surface area contributed by atoms with Crippen LogP contribution in [0.1, 0.15) is 17.3 Å². The molecule has 0 N–H and O–H groups in total. The third-order valence-corrected chi connectivity index (χ3v) is 3.28. The summed E-state index contributed by atoms with van der Waals surface area (Å²) >= 11 is 1.69. The van der Waals surface area contributed by atoms with Crippen LogP contribution in [0.5, 0.6) is 11.5 Å². The summed E-state index contributed by atoms with van der Waals surface area (Å²) in [7, 11) is 0. The Hall–Kier alpha value is -1.74. The Morgan fingerprint density at radius 2 is 1.78 bits per heavy atom. The fraction of sp³-hybridized carbons (Fsp3) is 0.133. The van der Waals surface area contributed by atoms with Crippen molar-refractivity contribution in [2.24, 2.45) is 0 Å². The summed E-state index contributed by atoms with van der Waals surface area (Å²) in [5.74, 6) is 1.49. The Labute approximate surface area is 111 Å². The molecule has 0 aliphatic heterocycles. The Bertz CT molecular complexity index is 547. The van der Waals surface area contributed by atoms with Crippen molar-refractivity contribution in [1.29, 1.82) is 0 Å². The van der Waals surface area contributed by atoms with Gasteiger partial charge in [0.15, 0.2) is 5.78 Å². The molecule has 0 radical (unpaired) electrons. The van der Waals surface area contributed by atoms with Gasteiger partial charge in [-0.05, 0) is 49.6 Å². The van der Waals surface area contributed by atoms with E-state index in [1.807, 2.05) is 42.7 Å². The van der Waals surface area contributed by atoms with Crippen molar-refractivity contribution >= 4 is 17.5 Å². The maximum absolute atomic E-state index is 11.3. The third kappa shape index (κ3) is 3.14. The second kappa shape index (κ2) is 5.74. The van der Waals surface area contributed by atoms with Gasteiger partial charge in [-0.3, -0.25) is 4.79 Å². The molecule has 0 saturated heterocycles. The lowest BCUT2D eigenvalue weighted by Crippen LogP contribution is -1.92. The van der Waals surface area contributed by atoms with E-state index in [0.717, 1.165) is 5.75 Å². The maximum Gasteiger partial charge on any atom is 0.159 e. The molecule has 0 heterocycles. The van der Waals surface area contributed by atoms with Crippen LogP contribution in [-0.4, -0.2) is 12.0 Å². The van der Waals surface area contributed by atoms with Crippen LogP contribution < -0.4 is 4.74 Å². The van der Waals surface area contributed by atoms with E-state index in [9.17, 15) is 4.79 Å². The number of benzene rings is 2. The number of ether oxygens (including phenoxy) is 1. The largest absolute Gasteiger partial charge is 0.457 e. The molecule has 2 aromatic carbocycles. The fourth-order valence-corrected chi connectivity index (χ4v) is 1.97.